The van der Waals surface area contributed by atoms with Crippen molar-refractivity contribution in [3.8, 4) is 11.5 Å². The number of ether oxygens (including phenoxy) is 5. The summed E-state index contributed by atoms with van der Waals surface area (Å²) in [6, 6.07) is 3.93. The van der Waals surface area contributed by atoms with Crippen LogP contribution in [-0.4, -0.2) is 116 Å². The third-order valence-corrected chi connectivity index (χ3v) is 6.34. The fourth-order valence-corrected chi connectivity index (χ4v) is 4.04. The summed E-state index contributed by atoms with van der Waals surface area (Å²) in [7, 11) is 0. The van der Waals surface area contributed by atoms with Gasteiger partial charge in [0.15, 0.2) is 29.7 Å². The Hall–Kier alpha value is -2.33. The second kappa shape index (κ2) is 13.2. The van der Waals surface area contributed by atoms with Gasteiger partial charge in [-0.3, -0.25) is 0 Å². The molecule has 2 aliphatic rings. The molecule has 0 amide bonds. The molecule has 0 unspecified atom stereocenters. The minimum atomic E-state index is -1.99. The highest BCUT2D eigenvalue weighted by atomic mass is 16.7. The van der Waals surface area contributed by atoms with E-state index >= 15 is 0 Å². The van der Waals surface area contributed by atoms with Crippen LogP contribution in [0.2, 0.25) is 0 Å². The zero-order valence-electron chi connectivity index (χ0n) is 21.1. The van der Waals surface area contributed by atoms with E-state index in [1.54, 1.807) is 6.92 Å². The second-order valence-corrected chi connectivity index (χ2v) is 9.50. The maximum absolute atomic E-state index is 12.0. The molecule has 7 N–H and O–H groups in total. The first-order valence-corrected chi connectivity index (χ1v) is 12.3. The van der Waals surface area contributed by atoms with Crippen LogP contribution in [0.4, 0.5) is 0 Å². The van der Waals surface area contributed by atoms with E-state index in [2.05, 4.69) is 0 Å². The fourth-order valence-electron chi connectivity index (χ4n) is 4.04. The molecule has 2 heterocycles. The fraction of sp³-hybridized carbons (Fsp3) is 0.640. The monoisotopic (exact) mass is 544 g/mol. The Balaban J connectivity index is 1.50. The number of hydrogen-bond donors (Lipinski definition) is 7. The summed E-state index contributed by atoms with van der Waals surface area (Å²) in [6.45, 7) is 2.30. The van der Waals surface area contributed by atoms with Crippen molar-refractivity contribution in [2.45, 2.75) is 81.5 Å². The molecule has 0 spiro atoms. The number of phenols is 2. The van der Waals surface area contributed by atoms with Crippen LogP contribution in [0.5, 0.6) is 11.5 Å². The minimum Gasteiger partial charge on any atom is -0.504 e. The van der Waals surface area contributed by atoms with Crippen molar-refractivity contribution < 1.29 is 64.2 Å². The Labute approximate surface area is 219 Å². The zero-order valence-corrected chi connectivity index (χ0v) is 21.1. The molecule has 214 valence electrons. The molecule has 0 saturated carbocycles. The lowest BCUT2D eigenvalue weighted by atomic mass is 9.99. The number of hydrogen-bond acceptors (Lipinski definition) is 13. The smallest absolute Gasteiger partial charge is 0.330 e. The van der Waals surface area contributed by atoms with E-state index in [1.165, 1.54) is 24.3 Å². The number of carbonyl (C=O) groups excluding carboxylic acids is 1. The number of aliphatic hydroxyl groups excluding tert-OH is 4. The lowest BCUT2D eigenvalue weighted by Gasteiger charge is -2.41. The third-order valence-electron chi connectivity index (χ3n) is 6.34. The molecule has 0 bridgehead atoms. The average Bonchev–Trinajstić information content (AvgIpc) is 3.16. The van der Waals surface area contributed by atoms with Gasteiger partial charge in [-0.15, -0.1) is 0 Å². The number of rotatable bonds is 11. The van der Waals surface area contributed by atoms with Gasteiger partial charge in [0.25, 0.3) is 0 Å². The van der Waals surface area contributed by atoms with Gasteiger partial charge in [0.05, 0.1) is 19.3 Å². The Morgan fingerprint density at radius 2 is 1.87 bits per heavy atom. The Morgan fingerprint density at radius 1 is 1.13 bits per heavy atom. The number of carbonyl (C=O) groups is 1. The summed E-state index contributed by atoms with van der Waals surface area (Å²) in [5.41, 5.74) is -1.58. The van der Waals surface area contributed by atoms with E-state index < -0.39 is 67.9 Å². The molecule has 38 heavy (non-hydrogen) atoms. The van der Waals surface area contributed by atoms with Gasteiger partial charge in [0.2, 0.25) is 0 Å². The van der Waals surface area contributed by atoms with Crippen LogP contribution in [0.3, 0.4) is 0 Å². The van der Waals surface area contributed by atoms with Crippen LogP contribution in [0.15, 0.2) is 24.3 Å². The van der Waals surface area contributed by atoms with E-state index in [4.69, 9.17) is 23.7 Å². The summed E-state index contributed by atoms with van der Waals surface area (Å²) in [6.07, 6.45) is -6.34. The SMILES string of the molecule is CCC[C@H](C)O[C@H]1O[C@@H](CO[C@@H]2OC[C@](O)(COC(=O)/C=C/c3ccc(O)c(O)c3)[C@H]2O)[C@H](O)[C@@H](O)[C@@H]1O. The minimum absolute atomic E-state index is 0.274. The maximum Gasteiger partial charge on any atom is 0.330 e. The van der Waals surface area contributed by atoms with Crippen LogP contribution in [0.25, 0.3) is 6.08 Å². The standard InChI is InChI=1S/C25H36O13/c1-3-4-13(2)37-23-21(31)20(30)19(29)17(38-23)10-34-24-22(32)25(33,12-36-24)11-35-18(28)8-6-14-5-7-15(26)16(27)9-14/h5-9,13,17,19-24,26-27,29-33H,3-4,10-12H2,1-2H3/b8-6+/t13-,17-,19-,20+,21-,22-,23-,24+,25+/m0/s1. The molecule has 2 aliphatic heterocycles. The number of phenolic OH excluding ortho intramolecular Hbond substituents is 2. The quantitative estimate of drug-likeness (QED) is 0.103. The predicted molar refractivity (Wildman–Crippen MR) is 129 cm³/mol. The van der Waals surface area contributed by atoms with E-state index in [0.717, 1.165) is 12.5 Å². The van der Waals surface area contributed by atoms with Gasteiger partial charge in [-0.1, -0.05) is 19.4 Å². The largest absolute Gasteiger partial charge is 0.504 e. The van der Waals surface area contributed by atoms with Gasteiger partial charge in [-0.2, -0.15) is 0 Å². The lowest BCUT2D eigenvalue weighted by molar-refractivity contribution is -0.317. The van der Waals surface area contributed by atoms with Crippen LogP contribution in [-0.2, 0) is 28.5 Å². The van der Waals surface area contributed by atoms with Gasteiger partial charge >= 0.3 is 5.97 Å². The molecule has 3 rings (SSSR count). The average molecular weight is 545 g/mol. The Morgan fingerprint density at radius 3 is 2.55 bits per heavy atom. The highest BCUT2D eigenvalue weighted by Crippen LogP contribution is 2.29. The number of benzene rings is 1. The molecule has 2 saturated heterocycles. The van der Waals surface area contributed by atoms with Gasteiger partial charge in [0, 0.05) is 6.08 Å². The first-order valence-electron chi connectivity index (χ1n) is 12.3. The van der Waals surface area contributed by atoms with Crippen molar-refractivity contribution in [3.05, 3.63) is 29.8 Å². The molecule has 0 aliphatic carbocycles. The summed E-state index contributed by atoms with van der Waals surface area (Å²) in [5.74, 6) is -1.53. The maximum atomic E-state index is 12.0. The predicted octanol–water partition coefficient (Wildman–Crippen LogP) is -0.868. The number of aromatic hydroxyl groups is 2. The van der Waals surface area contributed by atoms with Gasteiger partial charge in [-0.05, 0) is 37.1 Å². The number of esters is 1. The van der Waals surface area contributed by atoms with Crippen molar-refractivity contribution in [3.63, 3.8) is 0 Å². The van der Waals surface area contributed by atoms with E-state index in [1.807, 2.05) is 6.92 Å². The topological polar surface area (TPSA) is 205 Å². The zero-order chi connectivity index (χ0) is 28.0. The highest BCUT2D eigenvalue weighted by molar-refractivity contribution is 5.87. The van der Waals surface area contributed by atoms with Crippen molar-refractivity contribution in [2.75, 3.05) is 19.8 Å². The lowest BCUT2D eigenvalue weighted by Crippen LogP contribution is -2.60. The molecule has 1 aromatic carbocycles. The van der Waals surface area contributed by atoms with E-state index in [0.29, 0.717) is 12.0 Å². The Kier molecular flexibility index (Phi) is 10.5. The first-order chi connectivity index (χ1) is 17.9. The molecule has 0 aromatic heterocycles. The van der Waals surface area contributed by atoms with Crippen LogP contribution < -0.4 is 0 Å². The second-order valence-electron chi connectivity index (χ2n) is 9.50. The van der Waals surface area contributed by atoms with Crippen LogP contribution >= 0.6 is 0 Å². The van der Waals surface area contributed by atoms with Gasteiger partial charge in [-0.25, -0.2) is 4.79 Å². The Bertz CT molecular complexity index is 955. The first kappa shape index (κ1) is 30.2. The van der Waals surface area contributed by atoms with Gasteiger partial charge < -0.3 is 59.4 Å². The molecule has 13 heteroatoms. The van der Waals surface area contributed by atoms with Crippen LogP contribution in [0, 0.1) is 0 Å². The van der Waals surface area contributed by atoms with Crippen molar-refractivity contribution in [2.24, 2.45) is 0 Å². The summed E-state index contributed by atoms with van der Waals surface area (Å²) in [5, 5.41) is 70.7. The molecule has 1 aromatic rings. The third kappa shape index (κ3) is 7.40. The molecule has 2 fully saturated rings. The highest BCUT2D eigenvalue weighted by Gasteiger charge is 2.51. The summed E-state index contributed by atoms with van der Waals surface area (Å²) < 4.78 is 27.0. The number of aliphatic hydroxyl groups is 5. The normalized spacial score (nSPS) is 34.4. The molecule has 9 atom stereocenters. The van der Waals surface area contributed by atoms with E-state index in [-0.39, 0.29) is 24.2 Å². The van der Waals surface area contributed by atoms with Crippen LogP contribution in [0.1, 0.15) is 32.3 Å². The molecule has 0 radical (unpaired) electrons. The molecular formula is C25H36O13. The van der Waals surface area contributed by atoms with Crippen molar-refractivity contribution >= 4 is 12.0 Å². The van der Waals surface area contributed by atoms with Gasteiger partial charge in [0.1, 0.15) is 37.1 Å². The molecule has 13 nitrogen and oxygen atoms in total. The van der Waals surface area contributed by atoms with Crippen molar-refractivity contribution in [1.29, 1.82) is 0 Å². The summed E-state index contributed by atoms with van der Waals surface area (Å²) >= 11 is 0. The van der Waals surface area contributed by atoms with E-state index in [9.17, 15) is 40.5 Å². The summed E-state index contributed by atoms with van der Waals surface area (Å²) in [4.78, 5) is 12.0. The van der Waals surface area contributed by atoms with Crippen molar-refractivity contribution in [1.82, 2.24) is 0 Å². The molecular weight excluding hydrogens is 508 g/mol.